The Morgan fingerprint density at radius 1 is 1.02 bits per heavy atom. The Kier molecular flexibility index (Phi) is 37.6. The molecule has 1 aromatic rings. The number of anilines is 1. The van der Waals surface area contributed by atoms with Crippen molar-refractivity contribution < 1.29 is 24.2 Å². The summed E-state index contributed by atoms with van der Waals surface area (Å²) in [6.07, 6.45) is 30.5. The van der Waals surface area contributed by atoms with Gasteiger partial charge in [0.2, 0.25) is 5.91 Å². The maximum atomic E-state index is 11.7. The number of amides is 1. The van der Waals surface area contributed by atoms with E-state index in [0.29, 0.717) is 31.2 Å². The zero-order valence-corrected chi connectivity index (χ0v) is 35.2. The highest BCUT2D eigenvalue weighted by Crippen LogP contribution is 2.29. The number of ether oxygens (including phenoxy) is 2. The van der Waals surface area contributed by atoms with Gasteiger partial charge in [0.15, 0.2) is 0 Å². The van der Waals surface area contributed by atoms with Gasteiger partial charge in [0, 0.05) is 45.8 Å². The molecule has 8 heteroatoms. The number of hydrogen-bond donors (Lipinski definition) is 2. The maximum absolute atomic E-state index is 11.7. The number of carbonyl (C=O) groups excluding carboxylic acids is 1. The van der Waals surface area contributed by atoms with E-state index in [1.807, 2.05) is 92.0 Å². The Labute approximate surface area is 325 Å². The van der Waals surface area contributed by atoms with E-state index in [0.717, 1.165) is 63.4 Å². The quantitative estimate of drug-likeness (QED) is 0.129. The third-order valence-electron chi connectivity index (χ3n) is 7.62. The van der Waals surface area contributed by atoms with Crippen molar-refractivity contribution >= 4 is 17.6 Å². The zero-order chi connectivity index (χ0) is 40.9. The average molecular weight is 738 g/mol. The van der Waals surface area contributed by atoms with Crippen LogP contribution in [0.2, 0.25) is 0 Å². The summed E-state index contributed by atoms with van der Waals surface area (Å²) in [6.45, 7) is 25.5. The number of nitrogens with zero attached hydrogens (tertiary/aromatic N) is 2. The first-order chi connectivity index (χ1) is 25.8. The number of hydrogen-bond acceptors (Lipinski definition) is 6. The van der Waals surface area contributed by atoms with Crippen LogP contribution in [0.15, 0.2) is 78.3 Å². The molecule has 1 fully saturated rings. The molecule has 1 aliphatic heterocycles. The van der Waals surface area contributed by atoms with Crippen molar-refractivity contribution in [3.63, 3.8) is 0 Å². The standard InChI is InChI=1S/C30H42N2O4.C7H13NO.3C2H6.C2H2/c1-5-10-24(11-6-2)20-26-15-16-27(30(34)35)21-29(26)32(4)22-25-12-9-13-28(17-14-25)36-19-8-7-18-31-23(3)33;1-2-3-8-4-6-9-7-5-8;4*1-2/h7-9,13-17,21,24H,5-6,10-12,18-20,22H2,1-4H3,(H,31,33)(H,34,35);2-3H,4-7H2,1H3;3*1-2H3;1-2H/b8-7+;3-2+;;;;. The van der Waals surface area contributed by atoms with E-state index < -0.39 is 5.97 Å². The number of terminal acetylenes is 1. The van der Waals surface area contributed by atoms with E-state index >= 15 is 0 Å². The summed E-state index contributed by atoms with van der Waals surface area (Å²) in [7, 11) is 2.04. The van der Waals surface area contributed by atoms with Crippen LogP contribution in [0.5, 0.6) is 0 Å². The molecule has 300 valence electrons. The number of carboxylic acid groups (broad SMARTS) is 1. The summed E-state index contributed by atoms with van der Waals surface area (Å²) in [5.74, 6) is 0.439. The van der Waals surface area contributed by atoms with E-state index in [2.05, 4.69) is 66.2 Å². The fourth-order valence-corrected chi connectivity index (χ4v) is 5.39. The van der Waals surface area contributed by atoms with Gasteiger partial charge in [-0.3, -0.25) is 4.79 Å². The number of nitrogens with one attached hydrogen (secondary N) is 1. The highest BCUT2D eigenvalue weighted by atomic mass is 16.5. The number of allylic oxidation sites excluding steroid dienone is 5. The van der Waals surface area contributed by atoms with E-state index in [1.54, 1.807) is 6.07 Å². The topological polar surface area (TPSA) is 91.3 Å². The number of carboxylic acids is 1. The molecule has 2 aliphatic rings. The molecular weight excluding hydrogens is 663 g/mol. The predicted octanol–water partition coefficient (Wildman–Crippen LogP) is 10.2. The Morgan fingerprint density at radius 3 is 2.19 bits per heavy atom. The van der Waals surface area contributed by atoms with Crippen molar-refractivity contribution in [2.24, 2.45) is 5.92 Å². The number of carbonyl (C=O) groups is 2. The van der Waals surface area contributed by atoms with E-state index in [4.69, 9.17) is 9.47 Å². The molecule has 0 atom stereocenters. The van der Waals surface area contributed by atoms with Gasteiger partial charge >= 0.3 is 5.97 Å². The molecule has 8 nitrogen and oxygen atoms in total. The van der Waals surface area contributed by atoms with Crippen LogP contribution >= 0.6 is 0 Å². The number of rotatable bonds is 16. The van der Waals surface area contributed by atoms with Gasteiger partial charge in [-0.25, -0.2) is 4.79 Å². The van der Waals surface area contributed by atoms with Gasteiger partial charge in [-0.05, 0) is 73.4 Å². The number of aromatic carboxylic acids is 1. The SMILES string of the molecule is C#C.C/C=C/N1CCOCC1.CC.CC.CC.CCCC(CCC)Cc1ccc(C(=O)O)cc1N(C)CC1=CC=C(OC/C=C/CNC(C)=O)C=CC1. The van der Waals surface area contributed by atoms with Crippen LogP contribution in [-0.4, -0.2) is 74.9 Å². The van der Waals surface area contributed by atoms with Crippen LogP contribution in [0.25, 0.3) is 0 Å². The largest absolute Gasteiger partial charge is 0.490 e. The van der Waals surface area contributed by atoms with Crippen molar-refractivity contribution in [2.75, 3.05) is 57.9 Å². The minimum absolute atomic E-state index is 0.0545. The normalized spacial score (nSPS) is 13.1. The molecule has 1 aromatic carbocycles. The van der Waals surface area contributed by atoms with Crippen molar-refractivity contribution in [1.82, 2.24) is 10.2 Å². The summed E-state index contributed by atoms with van der Waals surface area (Å²) >= 11 is 0. The zero-order valence-electron chi connectivity index (χ0n) is 35.2. The van der Waals surface area contributed by atoms with Crippen molar-refractivity contribution in [3.05, 3.63) is 89.4 Å². The van der Waals surface area contributed by atoms with Gasteiger partial charge in [-0.1, -0.05) is 111 Å². The molecule has 0 unspecified atom stereocenters. The van der Waals surface area contributed by atoms with Gasteiger partial charge < -0.3 is 29.7 Å². The summed E-state index contributed by atoms with van der Waals surface area (Å²) in [5, 5.41) is 12.3. The molecule has 0 spiro atoms. The van der Waals surface area contributed by atoms with E-state index in [-0.39, 0.29) is 5.91 Å². The summed E-state index contributed by atoms with van der Waals surface area (Å²) in [5.41, 5.74) is 3.75. The minimum atomic E-state index is -0.901. The minimum Gasteiger partial charge on any atom is -0.490 e. The smallest absolute Gasteiger partial charge is 0.335 e. The first-order valence-corrected chi connectivity index (χ1v) is 19.7. The lowest BCUT2D eigenvalue weighted by molar-refractivity contribution is -0.118. The van der Waals surface area contributed by atoms with E-state index in [1.165, 1.54) is 30.9 Å². The predicted molar refractivity (Wildman–Crippen MR) is 229 cm³/mol. The second-order valence-corrected chi connectivity index (χ2v) is 11.5. The van der Waals surface area contributed by atoms with Gasteiger partial charge in [0.25, 0.3) is 0 Å². The fraction of sp³-hybridized carbons (Fsp3) is 0.556. The molecular formula is C45H75N3O5. The maximum Gasteiger partial charge on any atom is 0.335 e. The molecule has 0 saturated carbocycles. The number of benzene rings is 1. The van der Waals surface area contributed by atoms with Crippen LogP contribution in [0.1, 0.15) is 117 Å². The third-order valence-corrected chi connectivity index (χ3v) is 7.62. The second-order valence-electron chi connectivity index (χ2n) is 11.5. The Hall–Kier alpha value is -4.22. The van der Waals surface area contributed by atoms with Crippen LogP contribution < -0.4 is 10.2 Å². The van der Waals surface area contributed by atoms with Gasteiger partial charge in [-0.2, -0.15) is 0 Å². The van der Waals surface area contributed by atoms with Crippen molar-refractivity contribution in [2.45, 2.75) is 108 Å². The molecule has 53 heavy (non-hydrogen) atoms. The van der Waals surface area contributed by atoms with Gasteiger partial charge in [-0.15, -0.1) is 12.8 Å². The molecule has 1 heterocycles. The first kappa shape index (κ1) is 53.1. The van der Waals surface area contributed by atoms with Gasteiger partial charge in [0.05, 0.1) is 18.8 Å². The molecule has 1 saturated heterocycles. The molecule has 1 aliphatic carbocycles. The van der Waals surface area contributed by atoms with Crippen LogP contribution in [-0.2, 0) is 20.7 Å². The Morgan fingerprint density at radius 2 is 1.64 bits per heavy atom. The molecule has 3 rings (SSSR count). The molecule has 0 radical (unpaired) electrons. The summed E-state index contributed by atoms with van der Waals surface area (Å²) in [6, 6.07) is 5.55. The van der Waals surface area contributed by atoms with Crippen LogP contribution in [0, 0.1) is 18.8 Å². The van der Waals surface area contributed by atoms with Crippen LogP contribution in [0.3, 0.4) is 0 Å². The van der Waals surface area contributed by atoms with Crippen LogP contribution in [0.4, 0.5) is 5.69 Å². The number of morpholine rings is 1. The van der Waals surface area contributed by atoms with Crippen molar-refractivity contribution in [1.29, 1.82) is 0 Å². The average Bonchev–Trinajstić information content (AvgIpc) is 3.42. The Balaban J connectivity index is -0.00000123. The first-order valence-electron chi connectivity index (χ1n) is 19.7. The molecule has 0 aromatic heterocycles. The Bertz CT molecular complexity index is 1230. The van der Waals surface area contributed by atoms with E-state index in [9.17, 15) is 14.7 Å². The van der Waals surface area contributed by atoms with Gasteiger partial charge in [0.1, 0.15) is 12.4 Å². The fourth-order valence-electron chi connectivity index (χ4n) is 5.39. The lowest BCUT2D eigenvalue weighted by Crippen LogP contribution is -2.31. The lowest BCUT2D eigenvalue weighted by atomic mass is 9.89. The highest BCUT2D eigenvalue weighted by Gasteiger charge is 2.17. The lowest BCUT2D eigenvalue weighted by Gasteiger charge is -2.26. The molecule has 2 N–H and O–H groups in total. The second kappa shape index (κ2) is 37.5. The summed E-state index contributed by atoms with van der Waals surface area (Å²) in [4.78, 5) is 27.0. The highest BCUT2D eigenvalue weighted by molar-refractivity contribution is 5.89. The number of likely N-dealkylation sites (N-methyl/N-ethyl adjacent to an activating group) is 1. The summed E-state index contributed by atoms with van der Waals surface area (Å²) < 4.78 is 11.0. The monoisotopic (exact) mass is 738 g/mol. The third kappa shape index (κ3) is 26.2. The molecule has 1 amide bonds. The van der Waals surface area contributed by atoms with Crippen molar-refractivity contribution in [3.8, 4) is 12.8 Å². The molecule has 0 bridgehead atoms.